The van der Waals surface area contributed by atoms with Gasteiger partial charge in [0.25, 0.3) is 0 Å². The number of phenols is 1. The Hall–Kier alpha value is -3.22. The maximum Gasteiger partial charge on any atom is 0.407 e. The van der Waals surface area contributed by atoms with Crippen LogP contribution in [0.15, 0.2) is 36.4 Å². The highest BCUT2D eigenvalue weighted by Gasteiger charge is 2.30. The minimum absolute atomic E-state index is 0.0469. The normalized spacial score (nSPS) is 15.7. The second-order valence-corrected chi connectivity index (χ2v) is 7.76. The van der Waals surface area contributed by atoms with E-state index in [1.807, 2.05) is 18.2 Å². The lowest BCUT2D eigenvalue weighted by atomic mass is 10.1. The number of aromatic nitrogens is 1. The van der Waals surface area contributed by atoms with Crippen molar-refractivity contribution >= 4 is 22.7 Å². The largest absolute Gasteiger partial charge is 0.508 e. The topological polar surface area (TPSA) is 89.5 Å². The summed E-state index contributed by atoms with van der Waals surface area (Å²) in [5, 5.41) is 14.1. The van der Waals surface area contributed by atoms with Crippen LogP contribution >= 0.6 is 0 Å². The first-order chi connectivity index (χ1) is 13.8. The summed E-state index contributed by atoms with van der Waals surface area (Å²) in [6.45, 7) is 3.93. The number of nitrogens with one attached hydrogen (secondary N) is 1. The van der Waals surface area contributed by atoms with Crippen molar-refractivity contribution in [3.05, 3.63) is 59.0 Å². The quantitative estimate of drug-likeness (QED) is 0.586. The van der Waals surface area contributed by atoms with Crippen LogP contribution < -0.4 is 11.1 Å². The van der Waals surface area contributed by atoms with Crippen molar-refractivity contribution in [1.82, 2.24) is 9.88 Å². The van der Waals surface area contributed by atoms with E-state index in [0.717, 1.165) is 22.2 Å². The molecule has 1 amide bonds. The highest BCUT2D eigenvalue weighted by Crippen LogP contribution is 2.35. The number of fused-ring (bicyclic) bond motifs is 3. The molecule has 4 rings (SSSR count). The zero-order chi connectivity index (χ0) is 20.7. The molecule has 1 aliphatic carbocycles. The molecule has 3 aromatic rings. The Bertz CT molecular complexity index is 1090. The summed E-state index contributed by atoms with van der Waals surface area (Å²) >= 11 is 0. The van der Waals surface area contributed by atoms with Gasteiger partial charge in [-0.1, -0.05) is 0 Å². The SMILES string of the molecule is CC(C)OC(=O)N[C@H]1Cc2c(n(Cc3cc(F)ccc3O)c3ccc(N)cc23)C1. The fourth-order valence-electron chi connectivity index (χ4n) is 4.06. The number of nitrogens with two attached hydrogens (primary N) is 1. The van der Waals surface area contributed by atoms with E-state index in [9.17, 15) is 14.3 Å². The van der Waals surface area contributed by atoms with Crippen molar-refractivity contribution in [2.45, 2.75) is 45.4 Å². The first kappa shape index (κ1) is 19.1. The number of nitrogens with zero attached hydrogens (tertiary/aromatic N) is 1. The third-order valence-corrected chi connectivity index (χ3v) is 5.24. The van der Waals surface area contributed by atoms with Crippen molar-refractivity contribution in [3.8, 4) is 5.75 Å². The molecular formula is C22H24FN3O3. The standard InChI is InChI=1S/C22H24FN3O3/c1-12(2)29-22(28)25-16-9-18-17-8-15(24)4-5-19(17)26(20(18)10-16)11-13-7-14(23)3-6-21(13)27/h3-8,12,16,27H,9-11,24H2,1-2H3,(H,25,28)/t16-/m0/s1. The minimum Gasteiger partial charge on any atom is -0.508 e. The Morgan fingerprint density at radius 3 is 2.86 bits per heavy atom. The first-order valence-corrected chi connectivity index (χ1v) is 9.66. The highest BCUT2D eigenvalue weighted by molar-refractivity contribution is 5.89. The number of ether oxygens (including phenoxy) is 1. The molecule has 152 valence electrons. The van der Waals surface area contributed by atoms with Gasteiger partial charge in [-0.15, -0.1) is 0 Å². The number of halogens is 1. The molecule has 0 bridgehead atoms. The number of alkyl carbamates (subject to hydrolysis) is 1. The van der Waals surface area contributed by atoms with Crippen LogP contribution in [-0.2, 0) is 24.1 Å². The van der Waals surface area contributed by atoms with E-state index in [4.69, 9.17) is 10.5 Å². The van der Waals surface area contributed by atoms with Gasteiger partial charge in [-0.2, -0.15) is 0 Å². The number of aromatic hydroxyl groups is 1. The zero-order valence-electron chi connectivity index (χ0n) is 16.4. The molecule has 1 aliphatic rings. The molecule has 0 spiro atoms. The number of rotatable bonds is 4. The number of nitrogen functional groups attached to an aromatic ring is 1. The number of carbonyl (C=O) groups excluding carboxylic acids is 1. The van der Waals surface area contributed by atoms with Gasteiger partial charge in [0.15, 0.2) is 0 Å². The smallest absolute Gasteiger partial charge is 0.407 e. The maximum atomic E-state index is 13.7. The molecule has 1 heterocycles. The van der Waals surface area contributed by atoms with Gasteiger partial charge in [0.1, 0.15) is 11.6 Å². The second kappa shape index (κ2) is 7.31. The third kappa shape index (κ3) is 3.72. The third-order valence-electron chi connectivity index (χ3n) is 5.24. The molecule has 0 saturated carbocycles. The number of hydrogen-bond acceptors (Lipinski definition) is 4. The van der Waals surface area contributed by atoms with E-state index in [-0.39, 0.29) is 17.9 Å². The molecule has 1 aromatic heterocycles. The van der Waals surface area contributed by atoms with Crippen LogP contribution in [0.1, 0.15) is 30.7 Å². The summed E-state index contributed by atoms with van der Waals surface area (Å²) in [5.41, 5.74) is 10.3. The van der Waals surface area contributed by atoms with Crippen molar-refractivity contribution in [2.75, 3.05) is 5.73 Å². The van der Waals surface area contributed by atoms with Crippen molar-refractivity contribution in [2.24, 2.45) is 0 Å². The molecule has 0 radical (unpaired) electrons. The van der Waals surface area contributed by atoms with E-state index in [1.165, 1.54) is 18.2 Å². The Labute approximate surface area is 168 Å². The Morgan fingerprint density at radius 1 is 1.31 bits per heavy atom. The maximum absolute atomic E-state index is 13.7. The van der Waals surface area contributed by atoms with Gasteiger partial charge in [-0.05, 0) is 62.2 Å². The summed E-state index contributed by atoms with van der Waals surface area (Å²) in [5.74, 6) is -0.350. The Balaban J connectivity index is 1.70. The van der Waals surface area contributed by atoms with Crippen molar-refractivity contribution < 1.29 is 19.0 Å². The lowest BCUT2D eigenvalue weighted by Gasteiger charge is -2.16. The molecule has 7 heteroatoms. The molecular weight excluding hydrogens is 373 g/mol. The first-order valence-electron chi connectivity index (χ1n) is 9.66. The fraction of sp³-hybridized carbons (Fsp3) is 0.318. The summed E-state index contributed by atoms with van der Waals surface area (Å²) in [6, 6.07) is 9.54. The predicted octanol–water partition coefficient (Wildman–Crippen LogP) is 3.72. The average Bonchev–Trinajstić information content (AvgIpc) is 3.15. The van der Waals surface area contributed by atoms with E-state index >= 15 is 0 Å². The predicted molar refractivity (Wildman–Crippen MR) is 109 cm³/mol. The van der Waals surface area contributed by atoms with E-state index in [1.54, 1.807) is 13.8 Å². The van der Waals surface area contributed by atoms with E-state index < -0.39 is 11.9 Å². The molecule has 29 heavy (non-hydrogen) atoms. The Kier molecular flexibility index (Phi) is 4.82. The van der Waals surface area contributed by atoms with Crippen LogP contribution in [0.4, 0.5) is 14.9 Å². The van der Waals surface area contributed by atoms with Gasteiger partial charge < -0.3 is 25.5 Å². The number of carbonyl (C=O) groups is 1. The fourth-order valence-corrected chi connectivity index (χ4v) is 4.06. The van der Waals surface area contributed by atoms with Gasteiger partial charge >= 0.3 is 6.09 Å². The minimum atomic E-state index is -0.437. The van der Waals surface area contributed by atoms with Crippen LogP contribution in [0.2, 0.25) is 0 Å². The lowest BCUT2D eigenvalue weighted by Crippen LogP contribution is -2.37. The summed E-state index contributed by atoms with van der Waals surface area (Å²) < 4.78 is 21.0. The highest BCUT2D eigenvalue weighted by atomic mass is 19.1. The van der Waals surface area contributed by atoms with Gasteiger partial charge in [-0.25, -0.2) is 9.18 Å². The van der Waals surface area contributed by atoms with Gasteiger partial charge in [0, 0.05) is 40.3 Å². The zero-order valence-corrected chi connectivity index (χ0v) is 16.4. The molecule has 0 unspecified atom stereocenters. The monoisotopic (exact) mass is 397 g/mol. The van der Waals surface area contributed by atoms with Crippen LogP contribution in [0, 0.1) is 5.82 Å². The number of anilines is 1. The Morgan fingerprint density at radius 2 is 2.10 bits per heavy atom. The summed E-state index contributed by atoms with van der Waals surface area (Å²) in [7, 11) is 0. The molecule has 2 aromatic carbocycles. The van der Waals surface area contributed by atoms with Gasteiger partial charge in [-0.3, -0.25) is 0 Å². The lowest BCUT2D eigenvalue weighted by molar-refractivity contribution is 0.112. The summed E-state index contributed by atoms with van der Waals surface area (Å²) in [4.78, 5) is 12.0. The second-order valence-electron chi connectivity index (χ2n) is 7.76. The van der Waals surface area contributed by atoms with Crippen LogP contribution in [0.25, 0.3) is 10.9 Å². The van der Waals surface area contributed by atoms with Crippen molar-refractivity contribution in [3.63, 3.8) is 0 Å². The molecule has 4 N–H and O–H groups in total. The summed E-state index contributed by atoms with van der Waals surface area (Å²) in [6.07, 6.45) is 0.648. The number of amides is 1. The number of phenolic OH excluding ortho intramolecular Hbond substituents is 1. The molecule has 6 nitrogen and oxygen atoms in total. The molecule has 0 fully saturated rings. The molecule has 0 saturated heterocycles. The van der Waals surface area contributed by atoms with E-state index in [2.05, 4.69) is 9.88 Å². The molecule has 0 aliphatic heterocycles. The van der Waals surface area contributed by atoms with E-state index in [0.29, 0.717) is 30.6 Å². The molecule has 1 atom stereocenters. The average molecular weight is 397 g/mol. The number of benzene rings is 2. The van der Waals surface area contributed by atoms with Gasteiger partial charge in [0.05, 0.1) is 12.6 Å². The van der Waals surface area contributed by atoms with Crippen molar-refractivity contribution in [1.29, 1.82) is 0 Å². The van der Waals surface area contributed by atoms with Gasteiger partial charge in [0.2, 0.25) is 0 Å². The van der Waals surface area contributed by atoms with Crippen LogP contribution in [0.3, 0.4) is 0 Å². The number of hydrogen-bond donors (Lipinski definition) is 3. The van der Waals surface area contributed by atoms with Crippen LogP contribution in [-0.4, -0.2) is 27.9 Å². The van der Waals surface area contributed by atoms with Crippen LogP contribution in [0.5, 0.6) is 5.75 Å².